The number of hydrogen-bond acceptors (Lipinski definition) is 4. The predicted molar refractivity (Wildman–Crippen MR) is 76.4 cm³/mol. The summed E-state index contributed by atoms with van der Waals surface area (Å²) >= 11 is 0. The van der Waals surface area contributed by atoms with Crippen LogP contribution in [0.25, 0.3) is 0 Å². The van der Waals surface area contributed by atoms with Crippen molar-refractivity contribution in [3.63, 3.8) is 0 Å². The normalized spacial score (nSPS) is 19.0. The fraction of sp³-hybridized carbons (Fsp3) is 0.467. The van der Waals surface area contributed by atoms with E-state index in [1.807, 2.05) is 0 Å². The Balaban J connectivity index is 1.88. The fourth-order valence-corrected chi connectivity index (χ4v) is 3.21. The zero-order chi connectivity index (χ0) is 15.0. The van der Waals surface area contributed by atoms with Crippen molar-refractivity contribution in [2.45, 2.75) is 32.1 Å². The molecule has 0 atom stereocenters. The van der Waals surface area contributed by atoms with Gasteiger partial charge in [0.05, 0.1) is 16.2 Å². The molecular weight excluding hydrogens is 272 g/mol. The van der Waals surface area contributed by atoms with Crippen molar-refractivity contribution >= 4 is 23.1 Å². The number of anilines is 1. The summed E-state index contributed by atoms with van der Waals surface area (Å²) in [7, 11) is 0. The van der Waals surface area contributed by atoms with Crippen molar-refractivity contribution in [2.75, 3.05) is 11.4 Å². The van der Waals surface area contributed by atoms with Crippen LogP contribution in [0, 0.1) is 16.0 Å². The highest BCUT2D eigenvalue weighted by Crippen LogP contribution is 2.34. The van der Waals surface area contributed by atoms with E-state index in [0.717, 1.165) is 25.7 Å². The van der Waals surface area contributed by atoms with Crippen LogP contribution in [-0.4, -0.2) is 23.2 Å². The Morgan fingerprint density at radius 2 is 1.90 bits per heavy atom. The molecule has 6 nitrogen and oxygen atoms in total. The smallest absolute Gasteiger partial charge is 0.299 e. The van der Waals surface area contributed by atoms with E-state index >= 15 is 0 Å². The Kier molecular flexibility index (Phi) is 3.45. The van der Waals surface area contributed by atoms with Crippen LogP contribution >= 0.6 is 0 Å². The number of amides is 1. The molecule has 1 aromatic rings. The number of nitro groups is 1. The minimum atomic E-state index is -0.635. The summed E-state index contributed by atoms with van der Waals surface area (Å²) in [5.41, 5.74) is 0.514. The zero-order valence-corrected chi connectivity index (χ0v) is 11.6. The standard InChI is InChI=1S/C15H16N2O4/c18-14-12-8-11(17(20)21)6-7-13(12)16(15(14)19)9-10-4-2-1-3-5-10/h6-8,10H,1-5,9H2. The molecule has 1 fully saturated rings. The number of fused-ring (bicyclic) bond motifs is 1. The third kappa shape index (κ3) is 2.41. The molecule has 1 amide bonds. The quantitative estimate of drug-likeness (QED) is 0.486. The van der Waals surface area contributed by atoms with E-state index < -0.39 is 16.6 Å². The van der Waals surface area contributed by atoms with Gasteiger partial charge in [0.2, 0.25) is 0 Å². The maximum absolute atomic E-state index is 12.1. The number of nitro benzene ring substituents is 1. The molecule has 21 heavy (non-hydrogen) atoms. The first-order chi connectivity index (χ1) is 10.1. The van der Waals surface area contributed by atoms with Gasteiger partial charge in [0.25, 0.3) is 17.4 Å². The van der Waals surface area contributed by atoms with Gasteiger partial charge in [-0.3, -0.25) is 19.7 Å². The molecule has 0 spiro atoms. The van der Waals surface area contributed by atoms with E-state index in [0.29, 0.717) is 18.2 Å². The maximum Gasteiger partial charge on any atom is 0.299 e. The number of hydrogen-bond donors (Lipinski definition) is 0. The average Bonchev–Trinajstić information content (AvgIpc) is 2.73. The molecule has 2 aliphatic rings. The number of carbonyl (C=O) groups is 2. The number of Topliss-reactive ketones (excluding diaryl/α,β-unsaturated/α-hetero) is 1. The SMILES string of the molecule is O=C1C(=O)N(CC2CCCCC2)c2ccc([N+](=O)[O-])cc21. The van der Waals surface area contributed by atoms with Gasteiger partial charge in [-0.05, 0) is 24.8 Å². The molecule has 0 aromatic heterocycles. The second-order valence-electron chi connectivity index (χ2n) is 5.71. The van der Waals surface area contributed by atoms with Gasteiger partial charge in [0.15, 0.2) is 0 Å². The second kappa shape index (κ2) is 5.27. The molecule has 6 heteroatoms. The lowest BCUT2D eigenvalue weighted by atomic mass is 9.89. The van der Waals surface area contributed by atoms with Crippen LogP contribution < -0.4 is 4.90 Å². The lowest BCUT2D eigenvalue weighted by Crippen LogP contribution is -2.35. The van der Waals surface area contributed by atoms with Gasteiger partial charge in [-0.2, -0.15) is 0 Å². The lowest BCUT2D eigenvalue weighted by Gasteiger charge is -2.26. The first-order valence-corrected chi connectivity index (χ1v) is 7.22. The number of non-ortho nitro benzene ring substituents is 1. The highest BCUT2D eigenvalue weighted by molar-refractivity contribution is 6.52. The van der Waals surface area contributed by atoms with E-state index in [2.05, 4.69) is 0 Å². The minimum absolute atomic E-state index is 0.157. The number of carbonyl (C=O) groups excluding carboxylic acids is 2. The molecule has 3 rings (SSSR count). The third-order valence-electron chi connectivity index (χ3n) is 4.33. The van der Waals surface area contributed by atoms with E-state index in [-0.39, 0.29) is 11.3 Å². The summed E-state index contributed by atoms with van der Waals surface area (Å²) in [6.07, 6.45) is 5.69. The molecule has 0 radical (unpaired) electrons. The first kappa shape index (κ1) is 13.7. The van der Waals surface area contributed by atoms with Crippen LogP contribution in [0.2, 0.25) is 0 Å². The molecule has 0 saturated heterocycles. The van der Waals surface area contributed by atoms with Crippen LogP contribution in [0.5, 0.6) is 0 Å². The average molecular weight is 288 g/mol. The summed E-state index contributed by atoms with van der Waals surface area (Å²) in [5.74, 6) is -0.780. The summed E-state index contributed by atoms with van der Waals surface area (Å²) in [5, 5.41) is 10.8. The predicted octanol–water partition coefficient (Wildman–Crippen LogP) is 2.70. The van der Waals surface area contributed by atoms with Gasteiger partial charge >= 0.3 is 0 Å². The first-order valence-electron chi connectivity index (χ1n) is 7.22. The van der Waals surface area contributed by atoms with Gasteiger partial charge in [-0.1, -0.05) is 19.3 Å². The molecule has 110 valence electrons. The summed E-state index contributed by atoms with van der Waals surface area (Å²) in [4.78, 5) is 35.9. The highest BCUT2D eigenvalue weighted by atomic mass is 16.6. The molecule has 1 saturated carbocycles. The van der Waals surface area contributed by atoms with E-state index in [1.165, 1.54) is 29.5 Å². The maximum atomic E-state index is 12.1. The molecule has 0 unspecified atom stereocenters. The summed E-state index contributed by atoms with van der Waals surface area (Å²) < 4.78 is 0. The number of nitrogens with zero attached hydrogens (tertiary/aromatic N) is 2. The Morgan fingerprint density at radius 3 is 2.57 bits per heavy atom. The molecule has 0 bridgehead atoms. The Hall–Kier alpha value is -2.24. The van der Waals surface area contributed by atoms with Crippen molar-refractivity contribution < 1.29 is 14.5 Å². The van der Waals surface area contributed by atoms with Gasteiger partial charge < -0.3 is 4.90 Å². The van der Waals surface area contributed by atoms with Crippen LogP contribution in [0.15, 0.2) is 18.2 Å². The Bertz CT molecular complexity index is 620. The largest absolute Gasteiger partial charge is 0.304 e. The molecule has 1 aromatic carbocycles. The number of ketones is 1. The molecule has 1 aliphatic carbocycles. The van der Waals surface area contributed by atoms with Crippen LogP contribution in [0.4, 0.5) is 11.4 Å². The minimum Gasteiger partial charge on any atom is -0.304 e. The van der Waals surface area contributed by atoms with E-state index in [9.17, 15) is 19.7 Å². The van der Waals surface area contributed by atoms with E-state index in [4.69, 9.17) is 0 Å². The van der Waals surface area contributed by atoms with Crippen LogP contribution in [0.3, 0.4) is 0 Å². The Morgan fingerprint density at radius 1 is 1.19 bits per heavy atom. The van der Waals surface area contributed by atoms with Crippen molar-refractivity contribution in [3.8, 4) is 0 Å². The second-order valence-corrected chi connectivity index (χ2v) is 5.71. The zero-order valence-electron chi connectivity index (χ0n) is 11.6. The molecule has 1 heterocycles. The van der Waals surface area contributed by atoms with Crippen molar-refractivity contribution in [1.29, 1.82) is 0 Å². The fourth-order valence-electron chi connectivity index (χ4n) is 3.21. The van der Waals surface area contributed by atoms with Gasteiger partial charge in [0, 0.05) is 18.7 Å². The van der Waals surface area contributed by atoms with Gasteiger partial charge in [0.1, 0.15) is 0 Å². The lowest BCUT2D eigenvalue weighted by molar-refractivity contribution is -0.384. The highest BCUT2D eigenvalue weighted by Gasteiger charge is 2.38. The monoisotopic (exact) mass is 288 g/mol. The molecule has 1 aliphatic heterocycles. The van der Waals surface area contributed by atoms with Crippen LogP contribution in [0.1, 0.15) is 42.5 Å². The van der Waals surface area contributed by atoms with E-state index in [1.54, 1.807) is 0 Å². The topological polar surface area (TPSA) is 80.5 Å². The van der Waals surface area contributed by atoms with Crippen molar-refractivity contribution in [2.24, 2.45) is 5.92 Å². The van der Waals surface area contributed by atoms with Gasteiger partial charge in [-0.15, -0.1) is 0 Å². The van der Waals surface area contributed by atoms with Crippen molar-refractivity contribution in [1.82, 2.24) is 0 Å². The number of benzene rings is 1. The Labute approximate surface area is 121 Å². The molecule has 0 N–H and O–H groups in total. The molecular formula is C15H16N2O4. The summed E-state index contributed by atoms with van der Waals surface area (Å²) in [6, 6.07) is 4.06. The number of rotatable bonds is 3. The van der Waals surface area contributed by atoms with Crippen molar-refractivity contribution in [3.05, 3.63) is 33.9 Å². The third-order valence-corrected chi connectivity index (χ3v) is 4.33. The van der Waals surface area contributed by atoms with Gasteiger partial charge in [-0.25, -0.2) is 0 Å². The summed E-state index contributed by atoms with van der Waals surface area (Å²) in [6.45, 7) is 0.537. The van der Waals surface area contributed by atoms with Crippen LogP contribution in [-0.2, 0) is 4.79 Å².